The quantitative estimate of drug-likeness (QED) is 0.188. The lowest BCUT2D eigenvalue weighted by Gasteiger charge is -2.33. The first-order chi connectivity index (χ1) is 21.4. The number of aryl methyl sites for hydroxylation is 1. The van der Waals surface area contributed by atoms with Crippen LogP contribution < -0.4 is 14.4 Å². The summed E-state index contributed by atoms with van der Waals surface area (Å²) in [5.74, 6) is -0.474. The minimum atomic E-state index is -4.49. The number of rotatable bonds is 12. The minimum absolute atomic E-state index is 0.0185. The third-order valence-electron chi connectivity index (χ3n) is 7.97. The van der Waals surface area contributed by atoms with Gasteiger partial charge in [-0.2, -0.15) is 0 Å². The Morgan fingerprint density at radius 3 is 2.38 bits per heavy atom. The predicted octanol–water partition coefficient (Wildman–Crippen LogP) is 5.74. The van der Waals surface area contributed by atoms with Crippen molar-refractivity contribution in [3.63, 3.8) is 0 Å². The number of nitrogens with zero attached hydrogens (tertiary/aromatic N) is 3. The average Bonchev–Trinajstić information content (AvgIpc) is 3.02. The molecule has 1 aliphatic rings. The number of sulfonamides is 1. The van der Waals surface area contributed by atoms with Crippen molar-refractivity contribution in [1.82, 2.24) is 10.2 Å². The van der Waals surface area contributed by atoms with E-state index < -0.39 is 33.4 Å². The molecule has 0 saturated heterocycles. The van der Waals surface area contributed by atoms with E-state index in [9.17, 15) is 28.1 Å². The molecule has 0 bridgehead atoms. The van der Waals surface area contributed by atoms with E-state index in [1.807, 2.05) is 24.3 Å². The van der Waals surface area contributed by atoms with Gasteiger partial charge in [0.15, 0.2) is 0 Å². The van der Waals surface area contributed by atoms with Crippen LogP contribution in [-0.2, 0) is 26.2 Å². The molecule has 0 aliphatic heterocycles. The van der Waals surface area contributed by atoms with E-state index in [0.717, 1.165) is 52.5 Å². The topological polar surface area (TPSA) is 139 Å². The molecule has 0 spiro atoms. The average molecular weight is 702 g/mol. The van der Waals surface area contributed by atoms with Gasteiger partial charge in [0.05, 0.1) is 22.6 Å². The molecule has 1 fully saturated rings. The van der Waals surface area contributed by atoms with Crippen molar-refractivity contribution in [2.75, 3.05) is 18.0 Å². The van der Waals surface area contributed by atoms with Crippen molar-refractivity contribution in [2.45, 2.75) is 69.5 Å². The van der Waals surface area contributed by atoms with Gasteiger partial charge in [0.2, 0.25) is 11.8 Å². The van der Waals surface area contributed by atoms with Gasteiger partial charge in [-0.05, 0) is 74.7 Å². The molecule has 0 heterocycles. The summed E-state index contributed by atoms with van der Waals surface area (Å²) in [7, 11) is -3.02. The van der Waals surface area contributed by atoms with Crippen molar-refractivity contribution in [3.8, 4) is 5.75 Å². The van der Waals surface area contributed by atoms with E-state index in [0.29, 0.717) is 11.3 Å². The number of carbonyl (C=O) groups is 2. The maximum atomic E-state index is 14.2. The van der Waals surface area contributed by atoms with Gasteiger partial charge in [0.25, 0.3) is 15.7 Å². The first-order valence-electron chi connectivity index (χ1n) is 14.7. The number of hydrogen-bond donors (Lipinski definition) is 1. The highest BCUT2D eigenvalue weighted by molar-refractivity contribution is 9.10. The van der Waals surface area contributed by atoms with Gasteiger partial charge in [0.1, 0.15) is 18.3 Å². The molecule has 1 saturated carbocycles. The molecule has 1 N–H and O–H groups in total. The zero-order valence-corrected chi connectivity index (χ0v) is 27.8. The number of nitro groups is 1. The van der Waals surface area contributed by atoms with Crippen molar-refractivity contribution in [1.29, 1.82) is 0 Å². The maximum Gasteiger partial charge on any atom is 0.273 e. The van der Waals surface area contributed by atoms with Gasteiger partial charge >= 0.3 is 0 Å². The predicted molar refractivity (Wildman–Crippen MR) is 175 cm³/mol. The Labute approximate surface area is 271 Å². The van der Waals surface area contributed by atoms with Crippen LogP contribution in [0.15, 0.2) is 76.1 Å². The van der Waals surface area contributed by atoms with Crippen molar-refractivity contribution in [3.05, 3.63) is 92.4 Å². The molecule has 11 nitrogen and oxygen atoms in total. The standard InChI is InChI=1S/C32H37BrN4O7S/c1-22-12-17-29(19-30(22)37(40)41)45(42,43)36(27-13-15-28(44-3)16-14-27)21-31(38)35(20-24-8-7-9-25(33)18-24)23(2)32(39)34-26-10-5-4-6-11-26/h7-9,12-19,23,26H,4-6,10-11,20-21H2,1-3H3,(H,34,39)/t23-/m1/s1. The van der Waals surface area contributed by atoms with Crippen molar-refractivity contribution in [2.24, 2.45) is 0 Å². The minimum Gasteiger partial charge on any atom is -0.497 e. The second kappa shape index (κ2) is 14.9. The van der Waals surface area contributed by atoms with Crippen LogP contribution in [0.3, 0.4) is 0 Å². The number of nitro benzene ring substituents is 1. The summed E-state index contributed by atoms with van der Waals surface area (Å²) in [6, 6.07) is 16.1. The van der Waals surface area contributed by atoms with E-state index in [1.165, 1.54) is 43.2 Å². The number of amides is 2. The maximum absolute atomic E-state index is 14.2. The third kappa shape index (κ3) is 8.40. The van der Waals surface area contributed by atoms with Crippen LogP contribution in [0.5, 0.6) is 5.75 Å². The third-order valence-corrected chi connectivity index (χ3v) is 10.2. The van der Waals surface area contributed by atoms with Gasteiger partial charge in [-0.15, -0.1) is 0 Å². The second-order valence-corrected chi connectivity index (χ2v) is 13.9. The molecule has 0 radical (unpaired) electrons. The highest BCUT2D eigenvalue weighted by atomic mass is 79.9. The van der Waals surface area contributed by atoms with Crippen molar-refractivity contribution < 1.29 is 27.7 Å². The Balaban J connectivity index is 1.72. The highest BCUT2D eigenvalue weighted by Gasteiger charge is 2.34. The Morgan fingerprint density at radius 1 is 1.07 bits per heavy atom. The summed E-state index contributed by atoms with van der Waals surface area (Å²) in [4.78, 5) is 39.7. The summed E-state index contributed by atoms with van der Waals surface area (Å²) in [5, 5.41) is 14.7. The molecule has 1 atom stereocenters. The van der Waals surface area contributed by atoms with E-state index in [2.05, 4.69) is 21.2 Å². The Morgan fingerprint density at radius 2 is 1.76 bits per heavy atom. The summed E-state index contributed by atoms with van der Waals surface area (Å²) in [5.41, 5.74) is 0.822. The number of methoxy groups -OCH3 is 1. The number of anilines is 1. The van der Waals surface area contributed by atoms with Crippen LogP contribution in [0.2, 0.25) is 0 Å². The van der Waals surface area contributed by atoms with Gasteiger partial charge in [-0.1, -0.05) is 53.4 Å². The lowest BCUT2D eigenvalue weighted by atomic mass is 9.95. The lowest BCUT2D eigenvalue weighted by molar-refractivity contribution is -0.385. The fourth-order valence-corrected chi connectivity index (χ4v) is 7.22. The summed E-state index contributed by atoms with van der Waals surface area (Å²) >= 11 is 3.45. The van der Waals surface area contributed by atoms with Crippen LogP contribution in [0, 0.1) is 17.0 Å². The molecule has 0 unspecified atom stereocenters. The molecular weight excluding hydrogens is 664 g/mol. The molecule has 240 valence electrons. The van der Waals surface area contributed by atoms with Gasteiger partial charge in [0, 0.05) is 28.7 Å². The van der Waals surface area contributed by atoms with E-state index in [-0.39, 0.29) is 34.8 Å². The van der Waals surface area contributed by atoms with Gasteiger partial charge < -0.3 is 15.0 Å². The summed E-state index contributed by atoms with van der Waals surface area (Å²) in [6.45, 7) is 2.53. The van der Waals surface area contributed by atoms with Crippen LogP contribution in [0.1, 0.15) is 50.2 Å². The first-order valence-corrected chi connectivity index (χ1v) is 16.9. The summed E-state index contributed by atoms with van der Waals surface area (Å²) in [6.07, 6.45) is 4.89. The molecule has 0 aromatic heterocycles. The highest BCUT2D eigenvalue weighted by Crippen LogP contribution is 2.30. The number of hydrogen-bond acceptors (Lipinski definition) is 7. The number of ether oxygens (including phenoxy) is 1. The SMILES string of the molecule is COc1ccc(N(CC(=O)N(Cc2cccc(Br)c2)[C@H](C)C(=O)NC2CCCCC2)S(=O)(=O)c2ccc(C)c([N+](=O)[O-])c2)cc1. The number of halogens is 1. The van der Waals surface area contributed by atoms with Crippen LogP contribution in [0.25, 0.3) is 0 Å². The van der Waals surface area contributed by atoms with Gasteiger partial charge in [-0.3, -0.25) is 24.0 Å². The zero-order chi connectivity index (χ0) is 32.7. The Bertz CT molecular complexity index is 1640. The molecule has 2 amide bonds. The fraction of sp³-hybridized carbons (Fsp3) is 0.375. The number of benzene rings is 3. The zero-order valence-electron chi connectivity index (χ0n) is 25.4. The van der Waals surface area contributed by atoms with Crippen LogP contribution in [-0.4, -0.2) is 55.8 Å². The fourth-order valence-electron chi connectivity index (χ4n) is 5.33. The van der Waals surface area contributed by atoms with Gasteiger partial charge in [-0.25, -0.2) is 8.42 Å². The molecule has 1 aliphatic carbocycles. The Kier molecular flexibility index (Phi) is 11.2. The van der Waals surface area contributed by atoms with Crippen LogP contribution in [0.4, 0.5) is 11.4 Å². The monoisotopic (exact) mass is 700 g/mol. The summed E-state index contributed by atoms with van der Waals surface area (Å²) < 4.78 is 35.1. The molecule has 4 rings (SSSR count). The van der Waals surface area contributed by atoms with Crippen LogP contribution >= 0.6 is 15.9 Å². The Hall–Kier alpha value is -3.97. The molecule has 3 aromatic rings. The van der Waals surface area contributed by atoms with E-state index in [4.69, 9.17) is 4.74 Å². The molecule has 3 aromatic carbocycles. The molecule has 13 heteroatoms. The number of nitrogens with one attached hydrogen (secondary N) is 1. The molecule has 45 heavy (non-hydrogen) atoms. The smallest absolute Gasteiger partial charge is 0.273 e. The number of carbonyl (C=O) groups excluding carboxylic acids is 2. The first kappa shape index (κ1) is 33.9. The second-order valence-electron chi connectivity index (χ2n) is 11.1. The normalized spacial score (nSPS) is 14.3. The van der Waals surface area contributed by atoms with E-state index in [1.54, 1.807) is 19.1 Å². The lowest BCUT2D eigenvalue weighted by Crippen LogP contribution is -2.53. The molecular formula is C32H37BrN4O7S. The van der Waals surface area contributed by atoms with E-state index >= 15 is 0 Å². The largest absolute Gasteiger partial charge is 0.497 e. The van der Waals surface area contributed by atoms with Crippen molar-refractivity contribution >= 4 is 49.1 Å².